The van der Waals surface area contributed by atoms with Crippen LogP contribution in [0.3, 0.4) is 0 Å². The van der Waals surface area contributed by atoms with Crippen LogP contribution in [0.2, 0.25) is 0 Å². The molecule has 5 heteroatoms. The lowest BCUT2D eigenvalue weighted by atomic mass is 9.75. The Hall–Kier alpha value is -0.650. The number of rotatable bonds is 9. The lowest BCUT2D eigenvalue weighted by Gasteiger charge is -2.43. The van der Waals surface area contributed by atoms with E-state index in [1.165, 1.54) is 0 Å². The van der Waals surface area contributed by atoms with Gasteiger partial charge in [0.1, 0.15) is 6.61 Å². The maximum absolute atomic E-state index is 12.1. The van der Waals surface area contributed by atoms with E-state index in [1.54, 1.807) is 6.92 Å². The number of carbonyl (C=O) groups excluding carboxylic acids is 1. The van der Waals surface area contributed by atoms with E-state index in [0.717, 1.165) is 38.9 Å². The van der Waals surface area contributed by atoms with Crippen LogP contribution in [0.5, 0.6) is 0 Å². The summed E-state index contributed by atoms with van der Waals surface area (Å²) in [5.41, 5.74) is -1.23. The first-order chi connectivity index (χ1) is 10.8. The summed E-state index contributed by atoms with van der Waals surface area (Å²) in [5.74, 6) is -0.247. The molecule has 0 aromatic rings. The van der Waals surface area contributed by atoms with Crippen LogP contribution in [-0.2, 0) is 14.3 Å². The maximum atomic E-state index is 12.1. The van der Waals surface area contributed by atoms with Crippen molar-refractivity contribution >= 4 is 5.97 Å². The summed E-state index contributed by atoms with van der Waals surface area (Å²) < 4.78 is 11.1. The second kappa shape index (κ2) is 9.00. The van der Waals surface area contributed by atoms with Crippen LogP contribution in [0.4, 0.5) is 0 Å². The Balaban J connectivity index is 2.45. The van der Waals surface area contributed by atoms with Crippen molar-refractivity contribution < 1.29 is 19.4 Å². The highest BCUT2D eigenvalue weighted by molar-refractivity contribution is 5.70. The van der Waals surface area contributed by atoms with E-state index in [9.17, 15) is 9.90 Å². The SMILES string of the molecule is CCN(CC)CCOC(=O)C[C@](C)(O)[C@@H]1CCO[C@@](C)(CC)C1. The third kappa shape index (κ3) is 6.40. The maximum Gasteiger partial charge on any atom is 0.308 e. The normalized spacial score (nSPS) is 27.7. The first kappa shape index (κ1) is 20.4. The number of likely N-dealkylation sites (N-methyl/N-ethyl adjacent to an activating group) is 1. The highest BCUT2D eigenvalue weighted by Crippen LogP contribution is 2.38. The molecule has 1 fully saturated rings. The minimum absolute atomic E-state index is 0.0513. The molecule has 1 heterocycles. The standard InChI is InChI=1S/C18H35NO4/c1-6-17(4)13-15(9-11-23-17)18(5,21)14-16(20)22-12-10-19(7-2)8-3/h15,21H,6-14H2,1-5H3/t15-,17+,18+/m1/s1. The molecule has 0 spiro atoms. The number of hydrogen-bond donors (Lipinski definition) is 1. The summed E-state index contributed by atoms with van der Waals surface area (Å²) in [6.07, 6.45) is 2.53. The Labute approximate surface area is 141 Å². The van der Waals surface area contributed by atoms with Crippen LogP contribution in [0.1, 0.15) is 60.3 Å². The van der Waals surface area contributed by atoms with Crippen LogP contribution in [0.15, 0.2) is 0 Å². The van der Waals surface area contributed by atoms with Crippen LogP contribution < -0.4 is 0 Å². The van der Waals surface area contributed by atoms with Crippen molar-refractivity contribution in [2.75, 3.05) is 32.8 Å². The fourth-order valence-corrected chi connectivity index (χ4v) is 3.22. The average Bonchev–Trinajstić information content (AvgIpc) is 2.51. The van der Waals surface area contributed by atoms with E-state index >= 15 is 0 Å². The number of aliphatic hydroxyl groups is 1. The van der Waals surface area contributed by atoms with Crippen molar-refractivity contribution in [1.82, 2.24) is 4.90 Å². The third-order valence-electron chi connectivity index (χ3n) is 5.29. The first-order valence-corrected chi connectivity index (χ1v) is 9.00. The molecule has 1 aliphatic heterocycles. The predicted molar refractivity (Wildman–Crippen MR) is 91.4 cm³/mol. The zero-order valence-corrected chi connectivity index (χ0v) is 15.6. The van der Waals surface area contributed by atoms with E-state index in [1.807, 2.05) is 0 Å². The van der Waals surface area contributed by atoms with Gasteiger partial charge >= 0.3 is 5.97 Å². The van der Waals surface area contributed by atoms with Crippen molar-refractivity contribution in [3.05, 3.63) is 0 Å². The van der Waals surface area contributed by atoms with Gasteiger partial charge in [-0.2, -0.15) is 0 Å². The van der Waals surface area contributed by atoms with Crippen LogP contribution in [-0.4, -0.2) is 60.0 Å². The molecule has 1 aliphatic rings. The first-order valence-electron chi connectivity index (χ1n) is 9.00. The highest BCUT2D eigenvalue weighted by Gasteiger charge is 2.42. The number of esters is 1. The van der Waals surface area contributed by atoms with Gasteiger partial charge in [0.2, 0.25) is 0 Å². The molecule has 1 N–H and O–H groups in total. The molecule has 0 radical (unpaired) electrons. The summed E-state index contributed by atoms with van der Waals surface area (Å²) in [6.45, 7) is 13.8. The third-order valence-corrected chi connectivity index (χ3v) is 5.29. The van der Waals surface area contributed by atoms with Crippen LogP contribution in [0, 0.1) is 5.92 Å². The van der Waals surface area contributed by atoms with Crippen molar-refractivity contribution in [3.63, 3.8) is 0 Å². The molecule has 0 amide bonds. The monoisotopic (exact) mass is 329 g/mol. The van der Waals surface area contributed by atoms with Gasteiger partial charge in [-0.25, -0.2) is 0 Å². The van der Waals surface area contributed by atoms with E-state index in [-0.39, 0.29) is 23.9 Å². The fraction of sp³-hybridized carbons (Fsp3) is 0.944. The Kier molecular flexibility index (Phi) is 7.98. The molecular weight excluding hydrogens is 294 g/mol. The van der Waals surface area contributed by atoms with Gasteiger partial charge in [-0.1, -0.05) is 20.8 Å². The van der Waals surface area contributed by atoms with Gasteiger partial charge < -0.3 is 19.5 Å². The molecule has 0 saturated carbocycles. The van der Waals surface area contributed by atoms with Gasteiger partial charge in [0.05, 0.1) is 17.6 Å². The quantitative estimate of drug-likeness (QED) is 0.659. The summed E-state index contributed by atoms with van der Waals surface area (Å²) in [4.78, 5) is 14.3. The predicted octanol–water partition coefficient (Wildman–Crippen LogP) is 2.61. The fourth-order valence-electron chi connectivity index (χ4n) is 3.22. The number of hydrogen-bond acceptors (Lipinski definition) is 5. The molecule has 3 atom stereocenters. The summed E-state index contributed by atoms with van der Waals surface area (Å²) in [5, 5.41) is 10.8. The molecular formula is C18H35NO4. The van der Waals surface area contributed by atoms with E-state index < -0.39 is 5.60 Å². The Morgan fingerprint density at radius 3 is 2.61 bits per heavy atom. The molecule has 1 rings (SSSR count). The molecule has 0 aliphatic carbocycles. The second-order valence-electron chi connectivity index (χ2n) is 7.12. The van der Waals surface area contributed by atoms with E-state index in [0.29, 0.717) is 13.2 Å². The topological polar surface area (TPSA) is 59.0 Å². The van der Waals surface area contributed by atoms with Gasteiger partial charge in [0, 0.05) is 13.2 Å². The number of carbonyl (C=O) groups is 1. The van der Waals surface area contributed by atoms with Gasteiger partial charge in [0.15, 0.2) is 0 Å². The minimum atomic E-state index is -1.04. The number of nitrogens with zero attached hydrogens (tertiary/aromatic N) is 1. The second-order valence-corrected chi connectivity index (χ2v) is 7.12. The Bertz CT molecular complexity index is 368. The molecule has 5 nitrogen and oxygen atoms in total. The number of ether oxygens (including phenoxy) is 2. The van der Waals surface area contributed by atoms with Crippen LogP contribution in [0.25, 0.3) is 0 Å². The Morgan fingerprint density at radius 1 is 1.39 bits per heavy atom. The summed E-state index contributed by atoms with van der Waals surface area (Å²) in [7, 11) is 0. The minimum Gasteiger partial charge on any atom is -0.464 e. The van der Waals surface area contributed by atoms with E-state index in [4.69, 9.17) is 9.47 Å². The Morgan fingerprint density at radius 2 is 2.04 bits per heavy atom. The molecule has 0 unspecified atom stereocenters. The van der Waals surface area contributed by atoms with Crippen molar-refractivity contribution in [2.24, 2.45) is 5.92 Å². The lowest BCUT2D eigenvalue weighted by Crippen LogP contribution is -2.46. The highest BCUT2D eigenvalue weighted by atomic mass is 16.5. The van der Waals surface area contributed by atoms with Crippen molar-refractivity contribution in [1.29, 1.82) is 0 Å². The van der Waals surface area contributed by atoms with Crippen molar-refractivity contribution in [3.8, 4) is 0 Å². The zero-order chi connectivity index (χ0) is 17.5. The smallest absolute Gasteiger partial charge is 0.308 e. The average molecular weight is 329 g/mol. The summed E-state index contributed by atoms with van der Waals surface area (Å²) in [6, 6.07) is 0. The van der Waals surface area contributed by atoms with Gasteiger partial charge in [-0.05, 0) is 52.1 Å². The molecule has 0 aromatic heterocycles. The van der Waals surface area contributed by atoms with E-state index in [2.05, 4.69) is 32.6 Å². The lowest BCUT2D eigenvalue weighted by molar-refractivity contribution is -0.160. The van der Waals surface area contributed by atoms with Gasteiger partial charge in [-0.3, -0.25) is 4.79 Å². The van der Waals surface area contributed by atoms with Gasteiger partial charge in [0.25, 0.3) is 0 Å². The molecule has 136 valence electrons. The molecule has 0 aromatic carbocycles. The zero-order valence-electron chi connectivity index (χ0n) is 15.6. The van der Waals surface area contributed by atoms with Crippen LogP contribution >= 0.6 is 0 Å². The van der Waals surface area contributed by atoms with Gasteiger partial charge in [-0.15, -0.1) is 0 Å². The molecule has 1 saturated heterocycles. The largest absolute Gasteiger partial charge is 0.464 e. The van der Waals surface area contributed by atoms with Crippen molar-refractivity contribution in [2.45, 2.75) is 71.5 Å². The summed E-state index contributed by atoms with van der Waals surface area (Å²) >= 11 is 0. The molecule has 23 heavy (non-hydrogen) atoms. The molecule has 0 bridgehead atoms.